The van der Waals surface area contributed by atoms with Gasteiger partial charge in [0.2, 0.25) is 0 Å². The van der Waals surface area contributed by atoms with Crippen molar-refractivity contribution in [1.29, 1.82) is 0 Å². The molecular formula is C19H19BrO4S. The third-order valence-corrected chi connectivity index (χ3v) is 6.11. The summed E-state index contributed by atoms with van der Waals surface area (Å²) < 4.78 is 11.9. The molecule has 132 valence electrons. The highest BCUT2D eigenvalue weighted by Crippen LogP contribution is 2.43. The zero-order valence-electron chi connectivity index (χ0n) is 13.6. The van der Waals surface area contributed by atoms with Crippen molar-refractivity contribution < 1.29 is 19.4 Å². The van der Waals surface area contributed by atoms with Gasteiger partial charge in [-0.3, -0.25) is 4.79 Å². The fourth-order valence-electron chi connectivity index (χ4n) is 2.80. The molecule has 0 radical (unpaired) electrons. The Morgan fingerprint density at radius 2 is 1.64 bits per heavy atom. The largest absolute Gasteiger partial charge is 0.481 e. The second-order valence-corrected chi connectivity index (χ2v) is 8.45. The van der Waals surface area contributed by atoms with Crippen LogP contribution in [0.2, 0.25) is 0 Å². The molecule has 6 heteroatoms. The highest BCUT2D eigenvalue weighted by molar-refractivity contribution is 9.10. The van der Waals surface area contributed by atoms with Crippen molar-refractivity contribution in [1.82, 2.24) is 0 Å². The van der Waals surface area contributed by atoms with Gasteiger partial charge in [-0.05, 0) is 61.4 Å². The summed E-state index contributed by atoms with van der Waals surface area (Å²) in [5.74, 6) is 0.769. The molecular weight excluding hydrogens is 404 g/mol. The summed E-state index contributed by atoms with van der Waals surface area (Å²) in [6.07, 6.45) is 1.65. The highest BCUT2D eigenvalue weighted by Gasteiger charge is 2.36. The van der Waals surface area contributed by atoms with Gasteiger partial charge in [-0.25, -0.2) is 0 Å². The van der Waals surface area contributed by atoms with Gasteiger partial charge in [-0.15, -0.1) is 11.8 Å². The molecule has 1 aliphatic rings. The summed E-state index contributed by atoms with van der Waals surface area (Å²) in [5, 5.41) is 9.26. The maximum atomic E-state index is 11.3. The van der Waals surface area contributed by atoms with Crippen molar-refractivity contribution in [3.05, 3.63) is 53.0 Å². The minimum atomic E-state index is -0.760. The second-order valence-electron chi connectivity index (χ2n) is 6.00. The van der Waals surface area contributed by atoms with E-state index in [9.17, 15) is 9.90 Å². The van der Waals surface area contributed by atoms with Crippen LogP contribution in [0.1, 0.15) is 19.3 Å². The summed E-state index contributed by atoms with van der Waals surface area (Å²) in [6.45, 7) is 1.23. The van der Waals surface area contributed by atoms with Crippen molar-refractivity contribution in [2.45, 2.75) is 28.9 Å². The van der Waals surface area contributed by atoms with Crippen LogP contribution in [0, 0.1) is 0 Å². The van der Waals surface area contributed by atoms with Gasteiger partial charge in [0.15, 0.2) is 0 Å². The summed E-state index contributed by atoms with van der Waals surface area (Å²) in [4.78, 5) is 12.3. The number of aliphatic carboxylic acids is 1. The second kappa shape index (κ2) is 8.25. The number of thioether (sulfide) groups is 1. The minimum absolute atomic E-state index is 0.151. The zero-order chi connectivity index (χ0) is 17.7. The van der Waals surface area contributed by atoms with Crippen LogP contribution in [0.25, 0.3) is 0 Å². The Balaban J connectivity index is 1.68. The van der Waals surface area contributed by atoms with Crippen LogP contribution >= 0.6 is 27.7 Å². The average Bonchev–Trinajstić information content (AvgIpc) is 2.59. The van der Waals surface area contributed by atoms with E-state index < -0.39 is 5.97 Å². The monoisotopic (exact) mass is 422 g/mol. The number of ether oxygens (including phenoxy) is 2. The number of benzene rings is 2. The van der Waals surface area contributed by atoms with Gasteiger partial charge < -0.3 is 14.6 Å². The van der Waals surface area contributed by atoms with Crippen LogP contribution < -0.4 is 4.74 Å². The maximum Gasteiger partial charge on any atom is 0.304 e. The molecule has 0 amide bonds. The number of carboxylic acids is 1. The van der Waals surface area contributed by atoms with Crippen LogP contribution in [0.15, 0.2) is 57.9 Å². The van der Waals surface area contributed by atoms with Gasteiger partial charge in [-0.1, -0.05) is 15.9 Å². The lowest BCUT2D eigenvalue weighted by molar-refractivity contribution is -0.138. The smallest absolute Gasteiger partial charge is 0.304 e. The lowest BCUT2D eigenvalue weighted by atomic mass is 9.95. The lowest BCUT2D eigenvalue weighted by Gasteiger charge is -2.35. The normalized spacial score (nSPS) is 16.4. The average molecular weight is 423 g/mol. The SMILES string of the molecule is O=C(O)CC1(Sc2ccc(Oc3ccc(Br)cc3)cc2)CCOCC1. The standard InChI is InChI=1S/C19H19BrO4S/c20-14-1-3-15(4-2-14)24-16-5-7-17(8-6-16)25-19(13-18(21)22)9-11-23-12-10-19/h1-8H,9-13H2,(H,21,22). The first kappa shape index (κ1) is 18.3. The Labute approximate surface area is 159 Å². The van der Waals surface area contributed by atoms with E-state index >= 15 is 0 Å². The van der Waals surface area contributed by atoms with Crippen molar-refractivity contribution in [2.24, 2.45) is 0 Å². The number of carbonyl (C=O) groups is 1. The number of carboxylic acid groups (broad SMARTS) is 1. The molecule has 0 aliphatic carbocycles. The molecule has 2 aromatic rings. The minimum Gasteiger partial charge on any atom is -0.481 e. The van der Waals surface area contributed by atoms with E-state index in [0.29, 0.717) is 13.2 Å². The van der Waals surface area contributed by atoms with Crippen LogP contribution in [0.3, 0.4) is 0 Å². The Bertz CT molecular complexity index is 709. The molecule has 3 rings (SSSR count). The maximum absolute atomic E-state index is 11.3. The summed E-state index contributed by atoms with van der Waals surface area (Å²) in [7, 11) is 0. The molecule has 1 fully saturated rings. The van der Waals surface area contributed by atoms with Gasteiger partial charge in [0, 0.05) is 27.3 Å². The van der Waals surface area contributed by atoms with E-state index in [-0.39, 0.29) is 11.2 Å². The van der Waals surface area contributed by atoms with E-state index in [0.717, 1.165) is 33.7 Å². The number of hydrogen-bond acceptors (Lipinski definition) is 4. The van der Waals surface area contributed by atoms with Gasteiger partial charge in [0.1, 0.15) is 11.5 Å². The number of rotatable bonds is 6. The number of halogens is 1. The van der Waals surface area contributed by atoms with Crippen LogP contribution in [0.5, 0.6) is 11.5 Å². The van der Waals surface area contributed by atoms with Crippen molar-refractivity contribution >= 4 is 33.7 Å². The first-order valence-electron chi connectivity index (χ1n) is 8.07. The van der Waals surface area contributed by atoms with Gasteiger partial charge >= 0.3 is 5.97 Å². The number of hydrogen-bond donors (Lipinski definition) is 1. The van der Waals surface area contributed by atoms with Crippen molar-refractivity contribution in [3.63, 3.8) is 0 Å². The van der Waals surface area contributed by atoms with E-state index in [2.05, 4.69) is 15.9 Å². The molecule has 25 heavy (non-hydrogen) atoms. The third kappa shape index (κ3) is 5.23. The molecule has 1 N–H and O–H groups in total. The van der Waals surface area contributed by atoms with Crippen LogP contribution in [-0.4, -0.2) is 29.0 Å². The molecule has 1 saturated heterocycles. The van der Waals surface area contributed by atoms with Crippen molar-refractivity contribution in [2.75, 3.05) is 13.2 Å². The van der Waals surface area contributed by atoms with Crippen LogP contribution in [0.4, 0.5) is 0 Å². The zero-order valence-corrected chi connectivity index (χ0v) is 16.0. The fraction of sp³-hybridized carbons (Fsp3) is 0.316. The molecule has 0 bridgehead atoms. The fourth-order valence-corrected chi connectivity index (χ4v) is 4.40. The summed E-state index contributed by atoms with van der Waals surface area (Å²) >= 11 is 5.04. The quantitative estimate of drug-likeness (QED) is 0.678. The Morgan fingerprint density at radius 1 is 1.08 bits per heavy atom. The Kier molecular flexibility index (Phi) is 6.04. The van der Waals surface area contributed by atoms with Crippen LogP contribution in [-0.2, 0) is 9.53 Å². The Morgan fingerprint density at radius 3 is 2.20 bits per heavy atom. The van der Waals surface area contributed by atoms with Gasteiger partial charge in [-0.2, -0.15) is 0 Å². The molecule has 0 unspecified atom stereocenters. The predicted octanol–water partition coefficient (Wildman–Crippen LogP) is 5.36. The molecule has 4 nitrogen and oxygen atoms in total. The predicted molar refractivity (Wildman–Crippen MR) is 102 cm³/mol. The van der Waals surface area contributed by atoms with E-state index in [1.807, 2.05) is 48.5 Å². The summed E-state index contributed by atoms with van der Waals surface area (Å²) in [6, 6.07) is 15.5. The first-order chi connectivity index (χ1) is 12.0. The molecule has 0 atom stereocenters. The molecule has 0 spiro atoms. The molecule has 0 saturated carbocycles. The lowest BCUT2D eigenvalue weighted by Crippen LogP contribution is -2.35. The first-order valence-corrected chi connectivity index (χ1v) is 9.68. The molecule has 1 aliphatic heterocycles. The Hall–Kier alpha value is -1.50. The summed E-state index contributed by atoms with van der Waals surface area (Å²) in [5.41, 5.74) is 0. The van der Waals surface area contributed by atoms with E-state index in [1.165, 1.54) is 0 Å². The van der Waals surface area contributed by atoms with Crippen molar-refractivity contribution in [3.8, 4) is 11.5 Å². The third-order valence-electron chi connectivity index (χ3n) is 4.08. The van der Waals surface area contributed by atoms with Gasteiger partial charge in [0.25, 0.3) is 0 Å². The topological polar surface area (TPSA) is 55.8 Å². The molecule has 1 heterocycles. The molecule has 0 aromatic heterocycles. The van der Waals surface area contributed by atoms with E-state index in [1.54, 1.807) is 11.8 Å². The van der Waals surface area contributed by atoms with Gasteiger partial charge in [0.05, 0.1) is 6.42 Å². The highest BCUT2D eigenvalue weighted by atomic mass is 79.9. The molecule has 2 aromatic carbocycles. The van der Waals surface area contributed by atoms with E-state index in [4.69, 9.17) is 9.47 Å².